The lowest BCUT2D eigenvalue weighted by atomic mass is 9.79. The summed E-state index contributed by atoms with van der Waals surface area (Å²) < 4.78 is 7.42. The van der Waals surface area contributed by atoms with Gasteiger partial charge in [0.25, 0.3) is 0 Å². The molecule has 0 saturated heterocycles. The zero-order valence-electron chi connectivity index (χ0n) is 16.7. The molecule has 5 rings (SSSR count). The molecule has 0 unspecified atom stereocenters. The molecule has 2 atom stereocenters. The molecule has 0 bridgehead atoms. The van der Waals surface area contributed by atoms with Crippen LogP contribution in [0.25, 0.3) is 0 Å². The summed E-state index contributed by atoms with van der Waals surface area (Å²) in [5, 5.41) is 7.96. The number of fused-ring (bicyclic) bond motifs is 1. The Balaban J connectivity index is 1.60. The number of carbonyl (C=O) groups excluding carboxylic acids is 1. The van der Waals surface area contributed by atoms with Crippen LogP contribution in [0.3, 0.4) is 0 Å². The van der Waals surface area contributed by atoms with E-state index >= 15 is 0 Å². The minimum atomic E-state index is -0.274. The van der Waals surface area contributed by atoms with Crippen LogP contribution in [0, 0.1) is 6.92 Å². The van der Waals surface area contributed by atoms with E-state index < -0.39 is 0 Å². The number of furan rings is 1. The number of ketones is 1. The van der Waals surface area contributed by atoms with E-state index in [2.05, 4.69) is 44.6 Å². The van der Waals surface area contributed by atoms with Gasteiger partial charge in [-0.3, -0.25) is 4.79 Å². The van der Waals surface area contributed by atoms with Crippen LogP contribution in [0.4, 0.5) is 11.6 Å². The molecule has 0 spiro atoms. The van der Waals surface area contributed by atoms with E-state index in [9.17, 15) is 4.79 Å². The number of aryl methyl sites for hydroxylation is 1. The Morgan fingerprint density at radius 2 is 1.97 bits per heavy atom. The van der Waals surface area contributed by atoms with Gasteiger partial charge in [-0.25, -0.2) is 4.68 Å². The number of anilines is 2. The predicted octanol–water partition coefficient (Wildman–Crippen LogP) is 3.66. The second-order valence-corrected chi connectivity index (χ2v) is 7.88. The van der Waals surface area contributed by atoms with Crippen LogP contribution in [0.1, 0.15) is 41.9 Å². The van der Waals surface area contributed by atoms with Crippen molar-refractivity contribution in [2.45, 2.75) is 31.7 Å². The van der Waals surface area contributed by atoms with Crippen LogP contribution in [-0.2, 0) is 4.79 Å². The van der Waals surface area contributed by atoms with Gasteiger partial charge in [0, 0.05) is 43.4 Å². The molecule has 7 nitrogen and oxygen atoms in total. The zero-order valence-corrected chi connectivity index (χ0v) is 16.7. The second-order valence-electron chi connectivity index (χ2n) is 7.88. The summed E-state index contributed by atoms with van der Waals surface area (Å²) in [4.78, 5) is 19.9. The lowest BCUT2D eigenvalue weighted by Gasteiger charge is -2.34. The number of nitrogens with one attached hydrogen (secondary N) is 1. The normalized spacial score (nSPS) is 20.9. The highest BCUT2D eigenvalue weighted by Crippen LogP contribution is 2.44. The van der Waals surface area contributed by atoms with E-state index in [1.165, 1.54) is 0 Å². The lowest BCUT2D eigenvalue weighted by molar-refractivity contribution is -0.117. The molecule has 1 aliphatic heterocycles. The molecule has 148 valence electrons. The van der Waals surface area contributed by atoms with E-state index in [4.69, 9.17) is 4.42 Å². The molecule has 1 aliphatic carbocycles. The summed E-state index contributed by atoms with van der Waals surface area (Å²) in [6, 6.07) is 11.8. The van der Waals surface area contributed by atoms with Crippen LogP contribution in [-0.4, -0.2) is 34.6 Å². The Morgan fingerprint density at radius 3 is 2.66 bits per heavy atom. The fourth-order valence-corrected chi connectivity index (χ4v) is 4.31. The first-order valence-electron chi connectivity index (χ1n) is 9.78. The average molecular weight is 389 g/mol. The summed E-state index contributed by atoms with van der Waals surface area (Å²) in [5.74, 6) is 2.37. The molecule has 1 aromatic carbocycles. The van der Waals surface area contributed by atoms with Crippen molar-refractivity contribution in [2.75, 3.05) is 24.3 Å². The lowest BCUT2D eigenvalue weighted by Crippen LogP contribution is -2.33. The first-order chi connectivity index (χ1) is 14.0. The minimum Gasteiger partial charge on any atom is -0.469 e. The standard InChI is InChI=1S/C22H23N5O2/c1-13-23-22-24-17-11-15(19-5-4-10-29-19)12-18(28)20(17)21(27(22)25-13)14-6-8-16(9-7-14)26(2)3/h4-10,15,21H,11-12H2,1-3H3,(H,23,24,25)/t15-,21+/m0/s1. The van der Waals surface area contributed by atoms with Crippen molar-refractivity contribution in [1.82, 2.24) is 14.8 Å². The average Bonchev–Trinajstić information content (AvgIpc) is 3.35. The van der Waals surface area contributed by atoms with Gasteiger partial charge in [0.05, 0.1) is 6.26 Å². The van der Waals surface area contributed by atoms with Gasteiger partial charge in [0.2, 0.25) is 5.95 Å². The van der Waals surface area contributed by atoms with Crippen molar-refractivity contribution in [2.24, 2.45) is 0 Å². The van der Waals surface area contributed by atoms with E-state index in [1.807, 2.05) is 37.8 Å². The third-order valence-electron chi connectivity index (χ3n) is 5.70. The molecule has 29 heavy (non-hydrogen) atoms. The van der Waals surface area contributed by atoms with Gasteiger partial charge in [0.15, 0.2) is 5.78 Å². The van der Waals surface area contributed by atoms with Crippen molar-refractivity contribution in [3.05, 3.63) is 71.1 Å². The SMILES string of the molecule is Cc1nc2n(n1)[C@H](c1ccc(N(C)C)cc1)C1=C(C[C@H](c3ccco3)CC1=O)N2. The van der Waals surface area contributed by atoms with Gasteiger partial charge in [-0.15, -0.1) is 0 Å². The highest BCUT2D eigenvalue weighted by Gasteiger charge is 2.40. The number of rotatable bonds is 3. The van der Waals surface area contributed by atoms with Crippen LogP contribution >= 0.6 is 0 Å². The fraction of sp³-hybridized carbons (Fsp3) is 0.318. The molecular weight excluding hydrogens is 366 g/mol. The summed E-state index contributed by atoms with van der Waals surface area (Å²) in [6.07, 6.45) is 2.81. The van der Waals surface area contributed by atoms with Crippen molar-refractivity contribution in [3.63, 3.8) is 0 Å². The van der Waals surface area contributed by atoms with Crippen LogP contribution in [0.15, 0.2) is 58.3 Å². The number of carbonyl (C=O) groups is 1. The Hall–Kier alpha value is -3.35. The molecule has 3 aromatic rings. The number of aromatic nitrogens is 3. The van der Waals surface area contributed by atoms with Crippen LogP contribution in [0.2, 0.25) is 0 Å². The maximum atomic E-state index is 13.3. The van der Waals surface area contributed by atoms with Gasteiger partial charge < -0.3 is 14.6 Å². The van der Waals surface area contributed by atoms with Gasteiger partial charge in [0.1, 0.15) is 17.6 Å². The third kappa shape index (κ3) is 2.93. The summed E-state index contributed by atoms with van der Waals surface area (Å²) in [5.41, 5.74) is 3.84. The predicted molar refractivity (Wildman–Crippen MR) is 110 cm³/mol. The molecule has 2 aromatic heterocycles. The first kappa shape index (κ1) is 17.7. The summed E-state index contributed by atoms with van der Waals surface area (Å²) in [6.45, 7) is 1.87. The number of hydrogen-bond donors (Lipinski definition) is 1. The van der Waals surface area contributed by atoms with Gasteiger partial charge >= 0.3 is 0 Å². The van der Waals surface area contributed by atoms with Gasteiger partial charge in [-0.05, 0) is 43.2 Å². The highest BCUT2D eigenvalue weighted by atomic mass is 16.3. The molecule has 2 aliphatic rings. The number of Topliss-reactive ketones (excluding diaryl/α,β-unsaturated/α-hetero) is 1. The molecule has 0 fully saturated rings. The Labute approximate surface area is 169 Å². The van der Waals surface area contributed by atoms with Gasteiger partial charge in [-0.1, -0.05) is 12.1 Å². The van der Waals surface area contributed by atoms with Gasteiger partial charge in [-0.2, -0.15) is 10.1 Å². The second kappa shape index (κ2) is 6.62. The Bertz CT molecular complexity index is 1090. The Kier molecular flexibility index (Phi) is 4.04. The van der Waals surface area contributed by atoms with Crippen molar-refractivity contribution < 1.29 is 9.21 Å². The van der Waals surface area contributed by atoms with Crippen LogP contribution in [0.5, 0.6) is 0 Å². The maximum Gasteiger partial charge on any atom is 0.226 e. The minimum absolute atomic E-state index is 0.0380. The quantitative estimate of drug-likeness (QED) is 0.737. The Morgan fingerprint density at radius 1 is 1.17 bits per heavy atom. The molecule has 3 heterocycles. The van der Waals surface area contributed by atoms with E-state index in [1.54, 1.807) is 6.26 Å². The third-order valence-corrected chi connectivity index (χ3v) is 5.70. The van der Waals surface area contributed by atoms with E-state index in [-0.39, 0.29) is 17.7 Å². The molecular formula is C22H23N5O2. The molecule has 0 radical (unpaired) electrons. The maximum absolute atomic E-state index is 13.3. The first-order valence-corrected chi connectivity index (χ1v) is 9.78. The molecule has 0 amide bonds. The summed E-state index contributed by atoms with van der Waals surface area (Å²) in [7, 11) is 4.02. The largest absolute Gasteiger partial charge is 0.469 e. The molecule has 1 N–H and O–H groups in total. The molecule has 0 saturated carbocycles. The number of benzene rings is 1. The van der Waals surface area contributed by atoms with E-state index in [0.29, 0.717) is 24.6 Å². The smallest absolute Gasteiger partial charge is 0.226 e. The van der Waals surface area contributed by atoms with Crippen molar-refractivity contribution in [1.29, 1.82) is 0 Å². The number of nitrogens with zero attached hydrogens (tertiary/aromatic N) is 4. The monoisotopic (exact) mass is 389 g/mol. The number of hydrogen-bond acceptors (Lipinski definition) is 6. The zero-order chi connectivity index (χ0) is 20.1. The highest BCUT2D eigenvalue weighted by molar-refractivity contribution is 6.00. The van der Waals surface area contributed by atoms with E-state index in [0.717, 1.165) is 28.3 Å². The van der Waals surface area contributed by atoms with Crippen molar-refractivity contribution >= 4 is 17.4 Å². The summed E-state index contributed by atoms with van der Waals surface area (Å²) >= 11 is 0. The van der Waals surface area contributed by atoms with Crippen LogP contribution < -0.4 is 10.2 Å². The molecule has 7 heteroatoms. The fourth-order valence-electron chi connectivity index (χ4n) is 4.31. The topological polar surface area (TPSA) is 76.2 Å². The number of allylic oxidation sites excluding steroid dienone is 2. The van der Waals surface area contributed by atoms with Crippen molar-refractivity contribution in [3.8, 4) is 0 Å².